The third kappa shape index (κ3) is 4.78. The Hall–Kier alpha value is -3.12. The molecule has 1 atom stereocenters. The lowest BCUT2D eigenvalue weighted by Crippen LogP contribution is -2.36. The van der Waals surface area contributed by atoms with Crippen molar-refractivity contribution in [2.75, 3.05) is 20.6 Å². The van der Waals surface area contributed by atoms with Crippen molar-refractivity contribution in [3.8, 4) is 0 Å². The molecule has 2 N–H and O–H groups in total. The standard InChI is InChI=1S/C22H25N3O3/c1-15(20-12-18-6-4-5-7-19(18)28-20)24-21(26)14-25(3)13-16-8-10-17(11-9-16)22(27)23-2/h4-12,15H,13-14H2,1-3H3,(H,23,27)(H,24,26)/t15-/m1/s1. The van der Waals surface area contributed by atoms with Gasteiger partial charge in [0.05, 0.1) is 12.6 Å². The molecule has 0 radical (unpaired) electrons. The number of hydrogen-bond acceptors (Lipinski definition) is 4. The molecule has 0 aliphatic carbocycles. The van der Waals surface area contributed by atoms with Gasteiger partial charge in [0.15, 0.2) is 0 Å². The quantitative estimate of drug-likeness (QED) is 0.662. The van der Waals surface area contributed by atoms with Gasteiger partial charge in [-0.1, -0.05) is 30.3 Å². The van der Waals surface area contributed by atoms with E-state index in [0.717, 1.165) is 22.3 Å². The number of fused-ring (bicyclic) bond motifs is 1. The predicted octanol–water partition coefficient (Wildman–Crippen LogP) is 3.10. The number of furan rings is 1. The fourth-order valence-electron chi connectivity index (χ4n) is 3.09. The lowest BCUT2D eigenvalue weighted by molar-refractivity contribution is -0.122. The Balaban J connectivity index is 1.52. The van der Waals surface area contributed by atoms with Gasteiger partial charge in [-0.25, -0.2) is 0 Å². The van der Waals surface area contributed by atoms with Crippen molar-refractivity contribution >= 4 is 22.8 Å². The van der Waals surface area contributed by atoms with E-state index in [1.54, 1.807) is 19.2 Å². The van der Waals surface area contributed by atoms with Crippen LogP contribution in [-0.2, 0) is 11.3 Å². The number of carbonyl (C=O) groups is 2. The van der Waals surface area contributed by atoms with Crippen molar-refractivity contribution in [1.82, 2.24) is 15.5 Å². The number of nitrogens with zero attached hydrogens (tertiary/aromatic N) is 1. The van der Waals surface area contributed by atoms with Crippen LogP contribution in [0.4, 0.5) is 0 Å². The highest BCUT2D eigenvalue weighted by molar-refractivity contribution is 5.93. The van der Waals surface area contributed by atoms with E-state index in [1.807, 2.05) is 61.3 Å². The largest absolute Gasteiger partial charge is 0.459 e. The predicted molar refractivity (Wildman–Crippen MR) is 109 cm³/mol. The summed E-state index contributed by atoms with van der Waals surface area (Å²) < 4.78 is 5.81. The van der Waals surface area contributed by atoms with E-state index >= 15 is 0 Å². The fraction of sp³-hybridized carbons (Fsp3) is 0.273. The monoisotopic (exact) mass is 379 g/mol. The average Bonchev–Trinajstić information content (AvgIpc) is 3.12. The van der Waals surface area contributed by atoms with Gasteiger partial charge in [-0.3, -0.25) is 14.5 Å². The number of nitrogens with one attached hydrogen (secondary N) is 2. The lowest BCUT2D eigenvalue weighted by Gasteiger charge is -2.18. The average molecular weight is 379 g/mol. The molecule has 0 saturated heterocycles. The van der Waals surface area contributed by atoms with E-state index in [4.69, 9.17) is 4.42 Å². The van der Waals surface area contributed by atoms with Gasteiger partial charge >= 0.3 is 0 Å². The molecule has 0 aliphatic rings. The van der Waals surface area contributed by atoms with Gasteiger partial charge in [-0.05, 0) is 43.8 Å². The zero-order valence-electron chi connectivity index (χ0n) is 16.4. The SMILES string of the molecule is CNC(=O)c1ccc(CN(C)CC(=O)N[C@H](C)c2cc3ccccc3o2)cc1. The molecule has 146 valence electrons. The molecule has 1 aromatic heterocycles. The second-order valence-corrected chi connectivity index (χ2v) is 6.92. The number of amides is 2. The minimum Gasteiger partial charge on any atom is -0.459 e. The number of hydrogen-bond donors (Lipinski definition) is 2. The molecular formula is C22H25N3O3. The summed E-state index contributed by atoms with van der Waals surface area (Å²) in [7, 11) is 3.49. The Morgan fingerprint density at radius 1 is 1.11 bits per heavy atom. The van der Waals surface area contributed by atoms with Gasteiger partial charge < -0.3 is 15.1 Å². The van der Waals surface area contributed by atoms with Crippen molar-refractivity contribution in [1.29, 1.82) is 0 Å². The van der Waals surface area contributed by atoms with Crippen LogP contribution in [0.2, 0.25) is 0 Å². The van der Waals surface area contributed by atoms with Crippen molar-refractivity contribution in [3.05, 3.63) is 71.5 Å². The van der Waals surface area contributed by atoms with Crippen LogP contribution in [0.1, 0.15) is 34.6 Å². The number of carbonyl (C=O) groups excluding carboxylic acids is 2. The fourth-order valence-corrected chi connectivity index (χ4v) is 3.09. The molecule has 0 unspecified atom stereocenters. The molecular weight excluding hydrogens is 354 g/mol. The van der Waals surface area contributed by atoms with E-state index in [1.165, 1.54) is 0 Å². The second kappa shape index (κ2) is 8.71. The van der Waals surface area contributed by atoms with Gasteiger partial charge in [0, 0.05) is 24.5 Å². The highest BCUT2D eigenvalue weighted by Gasteiger charge is 2.15. The van der Waals surface area contributed by atoms with Crippen LogP contribution in [0, 0.1) is 0 Å². The van der Waals surface area contributed by atoms with Gasteiger partial charge in [0.2, 0.25) is 5.91 Å². The minimum atomic E-state index is -0.208. The third-order valence-electron chi connectivity index (χ3n) is 4.56. The van der Waals surface area contributed by atoms with E-state index in [-0.39, 0.29) is 24.4 Å². The smallest absolute Gasteiger partial charge is 0.251 e. The van der Waals surface area contributed by atoms with E-state index in [2.05, 4.69) is 10.6 Å². The summed E-state index contributed by atoms with van der Waals surface area (Å²) in [4.78, 5) is 25.9. The van der Waals surface area contributed by atoms with E-state index in [0.29, 0.717) is 12.1 Å². The van der Waals surface area contributed by atoms with Crippen molar-refractivity contribution in [2.45, 2.75) is 19.5 Å². The van der Waals surface area contributed by atoms with Gasteiger partial charge in [0.1, 0.15) is 11.3 Å². The highest BCUT2D eigenvalue weighted by Crippen LogP contribution is 2.23. The molecule has 2 amide bonds. The van der Waals surface area contributed by atoms with E-state index < -0.39 is 0 Å². The maximum absolute atomic E-state index is 12.4. The summed E-state index contributed by atoms with van der Waals surface area (Å²) in [5, 5.41) is 6.60. The molecule has 0 bridgehead atoms. The molecule has 3 rings (SSSR count). The number of likely N-dealkylation sites (N-methyl/N-ethyl adjacent to an activating group) is 1. The second-order valence-electron chi connectivity index (χ2n) is 6.92. The van der Waals surface area contributed by atoms with Gasteiger partial charge in [-0.15, -0.1) is 0 Å². The van der Waals surface area contributed by atoms with Gasteiger partial charge in [0.25, 0.3) is 5.91 Å². The molecule has 2 aromatic carbocycles. The first kappa shape index (κ1) is 19.6. The first-order chi connectivity index (χ1) is 13.5. The molecule has 1 heterocycles. The summed E-state index contributed by atoms with van der Waals surface area (Å²) in [6.07, 6.45) is 0. The van der Waals surface area contributed by atoms with Crippen LogP contribution >= 0.6 is 0 Å². The Morgan fingerprint density at radius 3 is 2.50 bits per heavy atom. The van der Waals surface area contributed by atoms with Crippen molar-refractivity contribution in [2.24, 2.45) is 0 Å². The summed E-state index contributed by atoms with van der Waals surface area (Å²) in [6.45, 7) is 2.79. The molecule has 0 saturated carbocycles. The molecule has 6 nitrogen and oxygen atoms in total. The Kier molecular flexibility index (Phi) is 6.11. The first-order valence-corrected chi connectivity index (χ1v) is 9.23. The molecule has 0 aliphatic heterocycles. The summed E-state index contributed by atoms with van der Waals surface area (Å²) in [5.74, 6) is 0.554. The van der Waals surface area contributed by atoms with Crippen LogP contribution < -0.4 is 10.6 Å². The Labute approximate surface area is 164 Å². The van der Waals surface area contributed by atoms with Crippen LogP contribution in [0.3, 0.4) is 0 Å². The Bertz CT molecular complexity index is 930. The first-order valence-electron chi connectivity index (χ1n) is 9.23. The maximum atomic E-state index is 12.4. The van der Waals surface area contributed by atoms with Crippen molar-refractivity contribution < 1.29 is 14.0 Å². The third-order valence-corrected chi connectivity index (χ3v) is 4.56. The molecule has 28 heavy (non-hydrogen) atoms. The summed E-state index contributed by atoms with van der Waals surface area (Å²) in [6, 6.07) is 16.9. The number of rotatable bonds is 7. The zero-order chi connectivity index (χ0) is 20.1. The van der Waals surface area contributed by atoms with E-state index in [9.17, 15) is 9.59 Å². The minimum absolute atomic E-state index is 0.0718. The molecule has 0 spiro atoms. The van der Waals surface area contributed by atoms with Crippen LogP contribution in [0.25, 0.3) is 11.0 Å². The molecule has 6 heteroatoms. The maximum Gasteiger partial charge on any atom is 0.251 e. The highest BCUT2D eigenvalue weighted by atomic mass is 16.3. The van der Waals surface area contributed by atoms with Gasteiger partial charge in [-0.2, -0.15) is 0 Å². The van der Waals surface area contributed by atoms with Crippen molar-refractivity contribution in [3.63, 3.8) is 0 Å². The van der Waals surface area contributed by atoms with Crippen LogP contribution in [0.5, 0.6) is 0 Å². The van der Waals surface area contributed by atoms with Crippen LogP contribution in [0.15, 0.2) is 59.0 Å². The number of para-hydroxylation sites is 1. The summed E-state index contributed by atoms with van der Waals surface area (Å²) in [5.41, 5.74) is 2.47. The lowest BCUT2D eigenvalue weighted by atomic mass is 10.1. The topological polar surface area (TPSA) is 74.6 Å². The number of benzene rings is 2. The molecule has 0 fully saturated rings. The van der Waals surface area contributed by atoms with Crippen LogP contribution in [-0.4, -0.2) is 37.4 Å². The normalized spacial score (nSPS) is 12.1. The Morgan fingerprint density at radius 2 is 1.82 bits per heavy atom. The summed E-state index contributed by atoms with van der Waals surface area (Å²) >= 11 is 0. The molecule has 3 aromatic rings. The zero-order valence-corrected chi connectivity index (χ0v) is 16.4.